The second-order valence-electron chi connectivity index (χ2n) is 1.73. The smallest absolute Gasteiger partial charge is 0 e. The van der Waals surface area contributed by atoms with E-state index in [2.05, 4.69) is 6.92 Å². The Kier molecular flexibility index (Phi) is 15.0. The van der Waals surface area contributed by atoms with Crippen LogP contribution in [-0.2, 0) is 19.5 Å². The van der Waals surface area contributed by atoms with Gasteiger partial charge in [-0.05, 0) is 0 Å². The molecular formula is C6H14NRh-. The maximum absolute atomic E-state index is 5.14. The maximum Gasteiger partial charge on any atom is 0 e. The minimum atomic E-state index is 0. The zero-order valence-corrected chi connectivity index (χ0v) is 6.96. The number of nitrogens with two attached hydrogens (primary N) is 1. The van der Waals surface area contributed by atoms with Crippen LogP contribution in [0.2, 0.25) is 0 Å². The van der Waals surface area contributed by atoms with Crippen molar-refractivity contribution in [2.75, 3.05) is 0 Å². The first-order valence-corrected chi connectivity index (χ1v) is 2.95. The maximum atomic E-state index is 5.14. The first-order chi connectivity index (χ1) is 3.41. The standard InChI is InChI=1S/C6H14N.Rh/c1-2-3-4-5-6-7;/h6H,2-5,7H2,1H3;/q-1;. The summed E-state index contributed by atoms with van der Waals surface area (Å²) < 4.78 is 0. The van der Waals surface area contributed by atoms with E-state index >= 15 is 0 Å². The predicted octanol–water partition coefficient (Wildman–Crippen LogP) is 1.68. The topological polar surface area (TPSA) is 26.0 Å². The van der Waals surface area contributed by atoms with Gasteiger partial charge in [-0.25, -0.2) is 0 Å². The van der Waals surface area contributed by atoms with Crippen LogP contribution in [0.25, 0.3) is 0 Å². The molecule has 0 saturated carbocycles. The molecule has 2 heteroatoms. The first kappa shape index (κ1) is 11.4. The van der Waals surface area contributed by atoms with Crippen molar-refractivity contribution in [3.8, 4) is 0 Å². The Morgan fingerprint density at radius 1 is 1.38 bits per heavy atom. The molecule has 0 aromatic carbocycles. The van der Waals surface area contributed by atoms with Gasteiger partial charge < -0.3 is 5.73 Å². The minimum Gasteiger partial charge on any atom is -0.483 e. The Hall–Kier alpha value is 0.583. The molecule has 2 N–H and O–H groups in total. The van der Waals surface area contributed by atoms with Crippen LogP contribution in [0.3, 0.4) is 0 Å². The molecule has 0 saturated heterocycles. The summed E-state index contributed by atoms with van der Waals surface area (Å²) in [4.78, 5) is 0. The van der Waals surface area contributed by atoms with Crippen LogP contribution < -0.4 is 5.73 Å². The van der Waals surface area contributed by atoms with E-state index in [1.165, 1.54) is 19.3 Å². The molecule has 1 radical (unpaired) electrons. The molecule has 0 aliphatic carbocycles. The van der Waals surface area contributed by atoms with Crippen LogP contribution in [0.4, 0.5) is 0 Å². The van der Waals surface area contributed by atoms with E-state index in [-0.39, 0.29) is 19.5 Å². The monoisotopic (exact) mass is 203 g/mol. The molecule has 0 heterocycles. The Labute approximate surface area is 64.8 Å². The summed E-state index contributed by atoms with van der Waals surface area (Å²) in [5.74, 6) is 0. The zero-order valence-electron chi connectivity index (χ0n) is 5.32. The average Bonchev–Trinajstić information content (AvgIpc) is 1.69. The van der Waals surface area contributed by atoms with Gasteiger partial charge in [0.1, 0.15) is 0 Å². The van der Waals surface area contributed by atoms with Gasteiger partial charge in [-0.15, -0.1) is 0 Å². The fourth-order valence-electron chi connectivity index (χ4n) is 0.512. The van der Waals surface area contributed by atoms with Gasteiger partial charge in [0.15, 0.2) is 0 Å². The van der Waals surface area contributed by atoms with Crippen LogP contribution in [0.15, 0.2) is 0 Å². The van der Waals surface area contributed by atoms with E-state index in [4.69, 9.17) is 5.73 Å². The molecule has 0 rings (SSSR count). The molecule has 0 amide bonds. The van der Waals surface area contributed by atoms with Crippen molar-refractivity contribution in [1.29, 1.82) is 0 Å². The van der Waals surface area contributed by atoms with Gasteiger partial charge in [0, 0.05) is 19.5 Å². The molecule has 1 nitrogen and oxygen atoms in total. The van der Waals surface area contributed by atoms with Gasteiger partial charge in [0.25, 0.3) is 0 Å². The molecule has 0 aromatic rings. The van der Waals surface area contributed by atoms with Gasteiger partial charge in [-0.3, -0.25) is 6.54 Å². The van der Waals surface area contributed by atoms with E-state index in [1.54, 1.807) is 6.54 Å². The van der Waals surface area contributed by atoms with Gasteiger partial charge in [-0.2, -0.15) is 6.42 Å². The molecule has 0 atom stereocenters. The molecule has 0 aliphatic heterocycles. The van der Waals surface area contributed by atoms with Gasteiger partial charge >= 0.3 is 0 Å². The van der Waals surface area contributed by atoms with E-state index in [0.29, 0.717) is 0 Å². The number of hydrogen-bond donors (Lipinski definition) is 1. The fraction of sp³-hybridized carbons (Fsp3) is 0.833. The number of unbranched alkanes of at least 4 members (excludes halogenated alkanes) is 3. The van der Waals surface area contributed by atoms with Crippen LogP contribution in [0, 0.1) is 6.54 Å². The van der Waals surface area contributed by atoms with Crippen molar-refractivity contribution in [2.45, 2.75) is 32.6 Å². The van der Waals surface area contributed by atoms with Crippen LogP contribution in [0.5, 0.6) is 0 Å². The van der Waals surface area contributed by atoms with Gasteiger partial charge in [0.2, 0.25) is 0 Å². The summed E-state index contributed by atoms with van der Waals surface area (Å²) in [5.41, 5.74) is 5.14. The van der Waals surface area contributed by atoms with Crippen LogP contribution in [-0.4, -0.2) is 0 Å². The van der Waals surface area contributed by atoms with E-state index in [0.717, 1.165) is 6.42 Å². The Bertz CT molecular complexity index is 27.7. The summed E-state index contributed by atoms with van der Waals surface area (Å²) in [5, 5.41) is 0. The van der Waals surface area contributed by atoms with Crippen molar-refractivity contribution in [2.24, 2.45) is 5.73 Å². The Morgan fingerprint density at radius 2 is 2.00 bits per heavy atom. The predicted molar refractivity (Wildman–Crippen MR) is 32.6 cm³/mol. The molecule has 0 unspecified atom stereocenters. The normalized spacial score (nSPS) is 8.25. The van der Waals surface area contributed by atoms with E-state index in [9.17, 15) is 0 Å². The average molecular weight is 203 g/mol. The SMILES string of the molecule is CCCCC[CH-]N.[Rh]. The Balaban J connectivity index is 0. The summed E-state index contributed by atoms with van der Waals surface area (Å²) in [6.07, 6.45) is 4.93. The van der Waals surface area contributed by atoms with Gasteiger partial charge in [-0.1, -0.05) is 26.2 Å². The van der Waals surface area contributed by atoms with Crippen molar-refractivity contribution < 1.29 is 19.5 Å². The van der Waals surface area contributed by atoms with Crippen LogP contribution >= 0.6 is 0 Å². The molecule has 8 heavy (non-hydrogen) atoms. The third-order valence-electron chi connectivity index (χ3n) is 0.974. The number of hydrogen-bond acceptors (Lipinski definition) is 1. The first-order valence-electron chi connectivity index (χ1n) is 2.95. The zero-order chi connectivity index (χ0) is 5.54. The fourth-order valence-corrected chi connectivity index (χ4v) is 0.512. The molecule has 0 bridgehead atoms. The van der Waals surface area contributed by atoms with E-state index < -0.39 is 0 Å². The third-order valence-corrected chi connectivity index (χ3v) is 0.974. The van der Waals surface area contributed by atoms with Crippen LogP contribution in [0.1, 0.15) is 32.6 Å². The quantitative estimate of drug-likeness (QED) is 0.420. The summed E-state index contributed by atoms with van der Waals surface area (Å²) in [7, 11) is 0. The molecule has 0 aliphatic rings. The molecule has 53 valence electrons. The largest absolute Gasteiger partial charge is 0.483 e. The molecule has 0 aromatic heterocycles. The van der Waals surface area contributed by atoms with Crippen molar-refractivity contribution in [3.63, 3.8) is 0 Å². The van der Waals surface area contributed by atoms with Crippen molar-refractivity contribution in [3.05, 3.63) is 6.54 Å². The second kappa shape index (κ2) is 10.5. The minimum absolute atomic E-state index is 0. The summed E-state index contributed by atoms with van der Waals surface area (Å²) >= 11 is 0. The third kappa shape index (κ3) is 9.77. The Morgan fingerprint density at radius 3 is 2.38 bits per heavy atom. The molecular weight excluding hydrogens is 189 g/mol. The second-order valence-corrected chi connectivity index (χ2v) is 1.73. The molecule has 0 spiro atoms. The van der Waals surface area contributed by atoms with Crippen molar-refractivity contribution in [1.82, 2.24) is 0 Å². The van der Waals surface area contributed by atoms with Crippen molar-refractivity contribution >= 4 is 0 Å². The summed E-state index contributed by atoms with van der Waals surface area (Å²) in [6, 6.07) is 0. The number of rotatable bonds is 4. The van der Waals surface area contributed by atoms with Gasteiger partial charge in [0.05, 0.1) is 0 Å². The summed E-state index contributed by atoms with van der Waals surface area (Å²) in [6.45, 7) is 3.92. The molecule has 0 fully saturated rings. The van der Waals surface area contributed by atoms with E-state index in [1.807, 2.05) is 0 Å².